The van der Waals surface area contributed by atoms with Crippen molar-refractivity contribution in [2.24, 2.45) is 5.92 Å². The van der Waals surface area contributed by atoms with Gasteiger partial charge in [-0.2, -0.15) is 5.10 Å². The van der Waals surface area contributed by atoms with Gasteiger partial charge in [-0.25, -0.2) is 0 Å². The lowest BCUT2D eigenvalue weighted by atomic mass is 10.1. The van der Waals surface area contributed by atoms with Crippen LogP contribution < -0.4 is 0 Å². The molecule has 0 aromatic carbocycles. The van der Waals surface area contributed by atoms with Crippen molar-refractivity contribution in [1.29, 1.82) is 0 Å². The first-order valence-corrected chi connectivity index (χ1v) is 7.17. The van der Waals surface area contributed by atoms with Crippen LogP contribution in [-0.4, -0.2) is 62.2 Å². The van der Waals surface area contributed by atoms with Gasteiger partial charge in [0.25, 0.3) is 0 Å². The Morgan fingerprint density at radius 3 is 2.95 bits per heavy atom. The number of nitro groups is 1. The van der Waals surface area contributed by atoms with Gasteiger partial charge >= 0.3 is 5.69 Å². The van der Waals surface area contributed by atoms with Gasteiger partial charge in [-0.3, -0.25) is 14.8 Å². The van der Waals surface area contributed by atoms with Gasteiger partial charge in [-0.1, -0.05) is 6.42 Å². The molecule has 0 spiro atoms. The molecule has 21 heavy (non-hydrogen) atoms. The van der Waals surface area contributed by atoms with E-state index in [0.717, 1.165) is 25.8 Å². The monoisotopic (exact) mass is 298 g/mol. The molecule has 0 bridgehead atoms. The lowest BCUT2D eigenvalue weighted by Gasteiger charge is -2.25. The van der Waals surface area contributed by atoms with E-state index < -0.39 is 11.0 Å². The Labute approximate surface area is 123 Å². The summed E-state index contributed by atoms with van der Waals surface area (Å²) in [4.78, 5) is 12.0. The quantitative estimate of drug-likeness (QED) is 0.552. The third-order valence-corrected chi connectivity index (χ3v) is 3.92. The highest BCUT2D eigenvalue weighted by Gasteiger charge is 2.26. The molecule has 2 N–H and O–H groups in total. The fourth-order valence-corrected chi connectivity index (χ4v) is 2.89. The van der Waals surface area contributed by atoms with Crippen molar-refractivity contribution in [2.45, 2.75) is 38.0 Å². The van der Waals surface area contributed by atoms with Gasteiger partial charge in [0.15, 0.2) is 0 Å². The van der Waals surface area contributed by atoms with E-state index in [1.54, 1.807) is 0 Å². The SMILES string of the molecule is CN(CC(O)Cn1cc([N+](=O)[O-])cn1)CC1CCCC1O. The van der Waals surface area contributed by atoms with Crippen molar-refractivity contribution in [3.63, 3.8) is 0 Å². The van der Waals surface area contributed by atoms with Crippen molar-refractivity contribution in [1.82, 2.24) is 14.7 Å². The number of hydrogen-bond acceptors (Lipinski definition) is 6. The first kappa shape index (κ1) is 15.9. The first-order chi connectivity index (χ1) is 9.95. The van der Waals surface area contributed by atoms with Crippen LogP contribution in [0.1, 0.15) is 19.3 Å². The smallest absolute Gasteiger partial charge is 0.306 e. The molecule has 1 saturated carbocycles. The topological polar surface area (TPSA) is 105 Å². The second kappa shape index (κ2) is 6.97. The summed E-state index contributed by atoms with van der Waals surface area (Å²) in [6.07, 6.45) is 4.52. The van der Waals surface area contributed by atoms with Gasteiger partial charge in [0.1, 0.15) is 12.4 Å². The summed E-state index contributed by atoms with van der Waals surface area (Å²) >= 11 is 0. The molecule has 0 radical (unpaired) electrons. The molecule has 1 aromatic rings. The minimum atomic E-state index is -0.659. The van der Waals surface area contributed by atoms with Crippen LogP contribution in [0.15, 0.2) is 12.4 Å². The van der Waals surface area contributed by atoms with Crippen LogP contribution in [0.5, 0.6) is 0 Å². The lowest BCUT2D eigenvalue weighted by molar-refractivity contribution is -0.385. The second-order valence-corrected chi connectivity index (χ2v) is 5.81. The summed E-state index contributed by atoms with van der Waals surface area (Å²) in [6.45, 7) is 1.40. The highest BCUT2D eigenvalue weighted by molar-refractivity contribution is 5.20. The van der Waals surface area contributed by atoms with Crippen LogP contribution in [0.2, 0.25) is 0 Å². The molecule has 0 aliphatic heterocycles. The molecule has 3 unspecified atom stereocenters. The Hall–Kier alpha value is -1.51. The first-order valence-electron chi connectivity index (χ1n) is 7.17. The molecule has 8 nitrogen and oxygen atoms in total. The van der Waals surface area contributed by atoms with Crippen molar-refractivity contribution in [3.05, 3.63) is 22.5 Å². The Morgan fingerprint density at radius 2 is 2.38 bits per heavy atom. The second-order valence-electron chi connectivity index (χ2n) is 5.81. The van der Waals surface area contributed by atoms with E-state index in [1.807, 2.05) is 11.9 Å². The Bertz CT molecular complexity index is 478. The standard InChI is InChI=1S/C13H22N4O4/c1-15(6-10-3-2-4-13(10)19)8-12(18)9-16-7-11(5-14-16)17(20)21/h5,7,10,12-13,18-19H,2-4,6,8-9H2,1H3. The van der Waals surface area contributed by atoms with Crippen LogP contribution in [0.4, 0.5) is 5.69 Å². The van der Waals surface area contributed by atoms with E-state index in [9.17, 15) is 20.3 Å². The van der Waals surface area contributed by atoms with Crippen LogP contribution in [0.3, 0.4) is 0 Å². The summed E-state index contributed by atoms with van der Waals surface area (Å²) in [7, 11) is 1.90. The molecule has 1 aromatic heterocycles. The number of aromatic nitrogens is 2. The molecule has 1 aliphatic carbocycles. The maximum atomic E-state index is 10.6. The minimum absolute atomic E-state index is 0.0790. The van der Waals surface area contributed by atoms with Gasteiger partial charge in [0, 0.05) is 13.1 Å². The summed E-state index contributed by atoms with van der Waals surface area (Å²) < 4.78 is 1.38. The van der Waals surface area contributed by atoms with Crippen molar-refractivity contribution >= 4 is 5.69 Å². The van der Waals surface area contributed by atoms with Crippen molar-refractivity contribution in [3.8, 4) is 0 Å². The largest absolute Gasteiger partial charge is 0.393 e. The summed E-state index contributed by atoms with van der Waals surface area (Å²) in [5.41, 5.74) is -0.0790. The van der Waals surface area contributed by atoms with Crippen LogP contribution in [0.25, 0.3) is 0 Å². The maximum Gasteiger partial charge on any atom is 0.306 e. The summed E-state index contributed by atoms with van der Waals surface area (Å²) in [5.74, 6) is 0.271. The molecule has 1 fully saturated rings. The van der Waals surface area contributed by atoms with Crippen LogP contribution in [0, 0.1) is 16.0 Å². The zero-order chi connectivity index (χ0) is 15.4. The van der Waals surface area contributed by atoms with Gasteiger partial charge in [-0.05, 0) is 25.8 Å². The predicted octanol–water partition coefficient (Wildman–Crippen LogP) is 0.245. The average Bonchev–Trinajstić information content (AvgIpc) is 2.99. The molecular weight excluding hydrogens is 276 g/mol. The molecule has 118 valence electrons. The molecular formula is C13H22N4O4. The maximum absolute atomic E-state index is 10.6. The third-order valence-electron chi connectivity index (χ3n) is 3.92. The van der Waals surface area contributed by atoms with Crippen LogP contribution >= 0.6 is 0 Å². The fourth-order valence-electron chi connectivity index (χ4n) is 2.89. The number of aliphatic hydroxyl groups is 2. The highest BCUT2D eigenvalue weighted by Crippen LogP contribution is 2.25. The zero-order valence-corrected chi connectivity index (χ0v) is 12.1. The van der Waals surface area contributed by atoms with Gasteiger partial charge in [-0.15, -0.1) is 0 Å². The van der Waals surface area contributed by atoms with E-state index >= 15 is 0 Å². The number of likely N-dealkylation sites (N-methyl/N-ethyl adjacent to an activating group) is 1. The highest BCUT2D eigenvalue weighted by atomic mass is 16.6. The molecule has 0 amide bonds. The van der Waals surface area contributed by atoms with Gasteiger partial charge < -0.3 is 15.1 Å². The summed E-state index contributed by atoms with van der Waals surface area (Å²) in [6, 6.07) is 0. The van der Waals surface area contributed by atoms with Crippen LogP contribution in [-0.2, 0) is 6.54 Å². The van der Waals surface area contributed by atoms with E-state index in [0.29, 0.717) is 6.54 Å². The zero-order valence-electron chi connectivity index (χ0n) is 12.1. The average molecular weight is 298 g/mol. The van der Waals surface area contributed by atoms with E-state index in [-0.39, 0.29) is 24.3 Å². The fraction of sp³-hybridized carbons (Fsp3) is 0.769. The Balaban J connectivity index is 1.77. The van der Waals surface area contributed by atoms with Crippen molar-refractivity contribution in [2.75, 3.05) is 20.1 Å². The predicted molar refractivity (Wildman–Crippen MR) is 75.7 cm³/mol. The Morgan fingerprint density at radius 1 is 1.62 bits per heavy atom. The van der Waals surface area contributed by atoms with Gasteiger partial charge in [0.05, 0.1) is 23.7 Å². The molecule has 1 heterocycles. The molecule has 8 heteroatoms. The normalized spacial score (nSPS) is 23.6. The van der Waals surface area contributed by atoms with E-state index in [4.69, 9.17) is 0 Å². The molecule has 1 aliphatic rings. The molecule has 0 saturated heterocycles. The lowest BCUT2D eigenvalue weighted by Crippen LogP contribution is -2.36. The number of hydrogen-bond donors (Lipinski definition) is 2. The Kier molecular flexibility index (Phi) is 5.27. The van der Waals surface area contributed by atoms with Gasteiger partial charge in [0.2, 0.25) is 0 Å². The van der Waals surface area contributed by atoms with E-state index in [2.05, 4.69) is 5.10 Å². The third kappa shape index (κ3) is 4.48. The summed E-state index contributed by atoms with van der Waals surface area (Å²) in [5, 5.41) is 34.2. The van der Waals surface area contributed by atoms with Crippen molar-refractivity contribution < 1.29 is 15.1 Å². The number of rotatable bonds is 7. The number of aliphatic hydroxyl groups excluding tert-OH is 2. The number of nitrogens with zero attached hydrogens (tertiary/aromatic N) is 4. The molecule has 2 rings (SSSR count). The van der Waals surface area contributed by atoms with E-state index in [1.165, 1.54) is 17.1 Å². The molecule has 3 atom stereocenters. The minimum Gasteiger partial charge on any atom is -0.393 e.